The molecule has 0 unspecified atom stereocenters. The number of carboxylic acids is 1. The fraction of sp³-hybridized carbons (Fsp3) is 0.552. The third-order valence-electron chi connectivity index (χ3n) is 8.45. The number of likely N-dealkylation sites (N-methyl/N-ethyl adjacent to an activating group) is 1. The highest BCUT2D eigenvalue weighted by Gasteiger charge is 2.68. The highest BCUT2D eigenvalue weighted by atomic mass is 16.6. The number of benzene rings is 1. The smallest absolute Gasteiger partial charge is 0.357 e. The minimum Gasteiger partial charge on any atom is -0.504 e. The number of carboxylic acid groups (broad SMARTS) is 1. The number of rotatable bonds is 10. The number of carbonyl (C=O) groups excluding carboxylic acids is 4. The number of phenols is 1. The summed E-state index contributed by atoms with van der Waals surface area (Å²) in [6.45, 7) is 7.21. The van der Waals surface area contributed by atoms with E-state index in [9.17, 15) is 34.2 Å². The standard InChI is InChI=1S/C29H35NO13/c1-7-30(6)19-12-16-8-9-17(33)21-20(16)28(5)24(43-21)18(10-11-29(19,28)38)42-27(37)23(41-15(4)32)22(40-14(3)31)26(36)39-13(2)25(34)35/h8-10,13,19,22-24,33,38H,7,11-12H2,1-6H3,(H,34,35)/t13-,19+,22+,23+,24-,28-,29+/m0/s1. The highest BCUT2D eigenvalue weighted by molar-refractivity contribution is 5.90. The van der Waals surface area contributed by atoms with Gasteiger partial charge in [0.05, 0.1) is 11.0 Å². The molecule has 0 radical (unpaired) electrons. The summed E-state index contributed by atoms with van der Waals surface area (Å²) in [4.78, 5) is 63.4. The molecule has 0 bridgehead atoms. The molecule has 1 aromatic carbocycles. The largest absolute Gasteiger partial charge is 0.504 e. The quantitative estimate of drug-likeness (QED) is 0.249. The van der Waals surface area contributed by atoms with Crippen LogP contribution in [0.5, 0.6) is 11.5 Å². The molecule has 1 heterocycles. The second-order valence-electron chi connectivity index (χ2n) is 11.1. The molecule has 3 N–H and O–H groups in total. The summed E-state index contributed by atoms with van der Waals surface area (Å²) >= 11 is 0. The van der Waals surface area contributed by atoms with Crippen molar-refractivity contribution in [3.8, 4) is 11.5 Å². The number of aliphatic hydroxyl groups is 1. The van der Waals surface area contributed by atoms with Gasteiger partial charge in [-0.25, -0.2) is 14.4 Å². The third kappa shape index (κ3) is 5.29. The van der Waals surface area contributed by atoms with E-state index in [1.54, 1.807) is 13.0 Å². The van der Waals surface area contributed by atoms with Crippen molar-refractivity contribution in [3.05, 3.63) is 35.1 Å². The molecule has 43 heavy (non-hydrogen) atoms. The zero-order valence-corrected chi connectivity index (χ0v) is 24.6. The van der Waals surface area contributed by atoms with Crippen LogP contribution in [0.15, 0.2) is 24.0 Å². The van der Waals surface area contributed by atoms with Crippen molar-refractivity contribution in [2.45, 2.75) is 88.9 Å². The van der Waals surface area contributed by atoms with Gasteiger partial charge in [-0.05, 0) is 51.6 Å². The van der Waals surface area contributed by atoms with E-state index in [1.165, 1.54) is 12.1 Å². The molecule has 0 fully saturated rings. The van der Waals surface area contributed by atoms with Crippen LogP contribution in [0.25, 0.3) is 0 Å². The maximum absolute atomic E-state index is 13.6. The minimum atomic E-state index is -2.21. The van der Waals surface area contributed by atoms with Gasteiger partial charge in [0.15, 0.2) is 23.7 Å². The number of ether oxygens (including phenoxy) is 5. The van der Waals surface area contributed by atoms with Crippen molar-refractivity contribution in [1.82, 2.24) is 4.90 Å². The van der Waals surface area contributed by atoms with Crippen LogP contribution in [0.2, 0.25) is 0 Å². The zero-order chi connectivity index (χ0) is 32.0. The monoisotopic (exact) mass is 605 g/mol. The summed E-state index contributed by atoms with van der Waals surface area (Å²) in [5.41, 5.74) is -1.25. The maximum Gasteiger partial charge on any atom is 0.357 e. The van der Waals surface area contributed by atoms with Crippen molar-refractivity contribution in [1.29, 1.82) is 0 Å². The molecule has 0 aromatic heterocycles. The lowest BCUT2D eigenvalue weighted by Crippen LogP contribution is -2.69. The molecule has 7 atom stereocenters. The molecule has 1 aliphatic heterocycles. The Labute approximate surface area is 247 Å². The van der Waals surface area contributed by atoms with Crippen molar-refractivity contribution >= 4 is 29.8 Å². The van der Waals surface area contributed by atoms with Gasteiger partial charge in [-0.2, -0.15) is 0 Å². The van der Waals surface area contributed by atoms with Gasteiger partial charge in [0.1, 0.15) is 5.76 Å². The Morgan fingerprint density at radius 3 is 2.23 bits per heavy atom. The van der Waals surface area contributed by atoms with Gasteiger partial charge in [0.25, 0.3) is 0 Å². The molecule has 0 saturated heterocycles. The third-order valence-corrected chi connectivity index (χ3v) is 8.45. The summed E-state index contributed by atoms with van der Waals surface area (Å²) in [7, 11) is 1.88. The number of aromatic hydroxyl groups is 1. The minimum absolute atomic E-state index is 0.000704. The molecule has 3 aliphatic rings. The molecule has 0 spiro atoms. The van der Waals surface area contributed by atoms with E-state index >= 15 is 0 Å². The normalized spacial score (nSPS) is 27.0. The molecule has 234 valence electrons. The number of esters is 4. The first-order valence-corrected chi connectivity index (χ1v) is 13.7. The fourth-order valence-corrected chi connectivity index (χ4v) is 6.19. The van der Waals surface area contributed by atoms with Crippen LogP contribution in [0.3, 0.4) is 0 Å². The zero-order valence-electron chi connectivity index (χ0n) is 24.6. The van der Waals surface area contributed by atoms with Crippen LogP contribution in [-0.2, 0) is 54.8 Å². The van der Waals surface area contributed by atoms with E-state index in [1.807, 2.05) is 18.9 Å². The Morgan fingerprint density at radius 2 is 1.67 bits per heavy atom. The number of nitrogens with zero attached hydrogens (tertiary/aromatic N) is 1. The first kappa shape index (κ1) is 31.8. The summed E-state index contributed by atoms with van der Waals surface area (Å²) in [6.07, 6.45) is -5.32. The van der Waals surface area contributed by atoms with Crippen molar-refractivity contribution in [2.75, 3.05) is 13.6 Å². The number of phenolic OH excluding ortho intramolecular Hbond substituents is 1. The van der Waals surface area contributed by atoms with Crippen molar-refractivity contribution < 1.29 is 63.0 Å². The predicted octanol–water partition coefficient (Wildman–Crippen LogP) is 0.729. The molecular formula is C29H35NO13. The topological polar surface area (TPSA) is 195 Å². The van der Waals surface area contributed by atoms with Gasteiger partial charge in [0.2, 0.25) is 12.2 Å². The summed E-state index contributed by atoms with van der Waals surface area (Å²) in [5.74, 6) is -6.60. The first-order valence-electron chi connectivity index (χ1n) is 13.7. The summed E-state index contributed by atoms with van der Waals surface area (Å²) < 4.78 is 26.6. The molecule has 14 nitrogen and oxygen atoms in total. The molecule has 2 aliphatic carbocycles. The molecular weight excluding hydrogens is 570 g/mol. The Kier molecular flexibility index (Phi) is 8.49. The lowest BCUT2D eigenvalue weighted by Gasteiger charge is -2.56. The first-order chi connectivity index (χ1) is 20.1. The molecule has 14 heteroatoms. The highest BCUT2D eigenvalue weighted by Crippen LogP contribution is 2.62. The van der Waals surface area contributed by atoms with E-state index in [0.29, 0.717) is 18.5 Å². The van der Waals surface area contributed by atoms with E-state index in [2.05, 4.69) is 0 Å². The maximum atomic E-state index is 13.6. The van der Waals surface area contributed by atoms with Crippen LogP contribution in [0, 0.1) is 0 Å². The van der Waals surface area contributed by atoms with Gasteiger partial charge in [0, 0.05) is 31.9 Å². The van der Waals surface area contributed by atoms with Crippen LogP contribution in [0.4, 0.5) is 0 Å². The second-order valence-corrected chi connectivity index (χ2v) is 11.1. The molecule has 0 amide bonds. The van der Waals surface area contributed by atoms with E-state index in [4.69, 9.17) is 28.8 Å². The lowest BCUT2D eigenvalue weighted by molar-refractivity contribution is -0.193. The van der Waals surface area contributed by atoms with E-state index < -0.39 is 65.3 Å². The Bertz CT molecular complexity index is 1390. The van der Waals surface area contributed by atoms with Gasteiger partial charge in [-0.15, -0.1) is 0 Å². The van der Waals surface area contributed by atoms with Gasteiger partial charge < -0.3 is 43.9 Å². The summed E-state index contributed by atoms with van der Waals surface area (Å²) in [5, 5.41) is 32.1. The van der Waals surface area contributed by atoms with Crippen molar-refractivity contribution in [3.63, 3.8) is 0 Å². The second kappa shape index (κ2) is 11.5. The number of hydrogen-bond donors (Lipinski definition) is 3. The number of aliphatic carboxylic acids is 1. The van der Waals surface area contributed by atoms with Crippen molar-refractivity contribution in [2.24, 2.45) is 0 Å². The van der Waals surface area contributed by atoms with Crippen LogP contribution >= 0.6 is 0 Å². The van der Waals surface area contributed by atoms with Crippen LogP contribution in [-0.4, -0.2) is 99.7 Å². The lowest BCUT2D eigenvalue weighted by atomic mass is 9.54. The average Bonchev–Trinajstić information content (AvgIpc) is 3.27. The van der Waals surface area contributed by atoms with Gasteiger partial charge >= 0.3 is 29.8 Å². The Morgan fingerprint density at radius 1 is 1.07 bits per heavy atom. The van der Waals surface area contributed by atoms with Gasteiger partial charge in [-0.1, -0.05) is 13.0 Å². The SMILES string of the molecule is CCN(C)[C@@H]1Cc2ccc(O)c3c2[C@@]2(C)[C@@H](O3)C(OC(=O)[C@H](OC(C)=O)[C@@H](OC(C)=O)C(=O)O[C@@H](C)C(=O)O)=CC[C@@]12O. The number of hydrogen-bond acceptors (Lipinski definition) is 13. The Hall–Kier alpha value is -4.17. The predicted molar refractivity (Wildman–Crippen MR) is 144 cm³/mol. The molecule has 0 saturated carbocycles. The van der Waals surface area contributed by atoms with E-state index in [0.717, 1.165) is 26.3 Å². The summed E-state index contributed by atoms with van der Waals surface area (Å²) in [6, 6.07) is 2.87. The van der Waals surface area contributed by atoms with Crippen LogP contribution in [0.1, 0.15) is 52.2 Å². The molecule has 4 rings (SSSR count). The van der Waals surface area contributed by atoms with E-state index in [-0.39, 0.29) is 29.7 Å². The number of carbonyl (C=O) groups is 5. The molecule has 1 aromatic rings. The Balaban J connectivity index is 1.73. The average molecular weight is 606 g/mol. The fourth-order valence-electron chi connectivity index (χ4n) is 6.19. The van der Waals surface area contributed by atoms with Gasteiger partial charge in [-0.3, -0.25) is 9.59 Å². The van der Waals surface area contributed by atoms with Crippen LogP contribution < -0.4 is 4.74 Å².